The number of hydrogen-bond acceptors (Lipinski definition) is 5. The molecule has 0 saturated heterocycles. The van der Waals surface area contributed by atoms with E-state index in [4.69, 9.17) is 0 Å². The molecule has 6 nitrogen and oxygen atoms in total. The van der Waals surface area contributed by atoms with Crippen molar-refractivity contribution in [2.75, 3.05) is 19.8 Å². The molecule has 24 heavy (non-hydrogen) atoms. The highest BCUT2D eigenvalue weighted by Gasteiger charge is 2.35. The van der Waals surface area contributed by atoms with Gasteiger partial charge in [0.15, 0.2) is 0 Å². The van der Waals surface area contributed by atoms with Crippen LogP contribution in [-0.2, 0) is 6.54 Å². The van der Waals surface area contributed by atoms with Crippen LogP contribution in [0.15, 0.2) is 42.5 Å². The largest absolute Gasteiger partial charge is 0.394 e. The zero-order valence-electron chi connectivity index (χ0n) is 13.4. The topological polar surface area (TPSA) is 94.7 Å². The van der Waals surface area contributed by atoms with Gasteiger partial charge in [0, 0.05) is 23.8 Å². The molecule has 0 spiro atoms. The van der Waals surface area contributed by atoms with E-state index in [-0.39, 0.29) is 31.6 Å². The lowest BCUT2D eigenvalue weighted by molar-refractivity contribution is 0.0341. The molecular formula is C18H22N2O4. The highest BCUT2D eigenvalue weighted by molar-refractivity contribution is 6.08. The minimum atomic E-state index is -1.13. The maximum absolute atomic E-state index is 12.7. The first kappa shape index (κ1) is 16.9. The van der Waals surface area contributed by atoms with Crippen molar-refractivity contribution in [1.29, 1.82) is 0 Å². The van der Waals surface area contributed by atoms with E-state index in [2.05, 4.69) is 5.32 Å². The van der Waals surface area contributed by atoms with Gasteiger partial charge < -0.3 is 19.9 Å². The molecule has 2 aromatic rings. The van der Waals surface area contributed by atoms with Crippen LogP contribution in [0.2, 0.25) is 0 Å². The summed E-state index contributed by atoms with van der Waals surface area (Å²) in [6.07, 6.45) is 0.729. The summed E-state index contributed by atoms with van der Waals surface area (Å²) in [5.41, 5.74) is 1.07. The Labute approximate surface area is 140 Å². The first-order valence-electron chi connectivity index (χ1n) is 8.03. The van der Waals surface area contributed by atoms with E-state index in [9.17, 15) is 20.1 Å². The van der Waals surface area contributed by atoms with Crippen LogP contribution in [-0.4, -0.2) is 51.0 Å². The molecule has 0 bridgehead atoms. The van der Waals surface area contributed by atoms with Crippen LogP contribution >= 0.6 is 0 Å². The summed E-state index contributed by atoms with van der Waals surface area (Å²) in [5, 5.41) is 31.6. The summed E-state index contributed by atoms with van der Waals surface area (Å²) in [5.74, 6) is -0.0276. The van der Waals surface area contributed by atoms with Gasteiger partial charge in [-0.1, -0.05) is 30.3 Å². The van der Waals surface area contributed by atoms with E-state index in [0.717, 1.165) is 12.1 Å². The summed E-state index contributed by atoms with van der Waals surface area (Å²) in [7, 11) is 0. The number of carbonyl (C=O) groups is 1. The standard InChI is InChI=1S/C18H22N2O4/c21-10-18(11-22,12-23)19-14-8-9-20-15(14)6-7-16(20)17(24)13-4-2-1-3-5-13/h1-7,14,19,21-23H,8-12H2. The van der Waals surface area contributed by atoms with Crippen molar-refractivity contribution in [2.24, 2.45) is 0 Å². The number of rotatable bonds is 7. The maximum atomic E-state index is 12.7. The Morgan fingerprint density at radius 3 is 2.38 bits per heavy atom. The molecule has 1 atom stereocenters. The minimum absolute atomic E-state index is 0.0276. The van der Waals surface area contributed by atoms with Crippen molar-refractivity contribution in [3.63, 3.8) is 0 Å². The molecule has 6 heteroatoms. The van der Waals surface area contributed by atoms with E-state index in [1.54, 1.807) is 18.2 Å². The molecule has 3 rings (SSSR count). The van der Waals surface area contributed by atoms with Crippen molar-refractivity contribution >= 4 is 5.78 Å². The molecule has 0 saturated carbocycles. The smallest absolute Gasteiger partial charge is 0.209 e. The number of aromatic nitrogens is 1. The van der Waals surface area contributed by atoms with Crippen molar-refractivity contribution in [3.05, 3.63) is 59.4 Å². The van der Waals surface area contributed by atoms with Crippen LogP contribution in [0, 0.1) is 0 Å². The van der Waals surface area contributed by atoms with Gasteiger partial charge in [0.2, 0.25) is 5.78 Å². The fourth-order valence-corrected chi connectivity index (χ4v) is 3.18. The third kappa shape index (κ3) is 2.89. The number of hydrogen-bond donors (Lipinski definition) is 4. The number of ketones is 1. The van der Waals surface area contributed by atoms with Crippen molar-refractivity contribution < 1.29 is 20.1 Å². The second-order valence-electron chi connectivity index (χ2n) is 6.23. The van der Waals surface area contributed by atoms with Gasteiger partial charge in [0.25, 0.3) is 0 Å². The molecular weight excluding hydrogens is 308 g/mol. The van der Waals surface area contributed by atoms with Crippen molar-refractivity contribution in [1.82, 2.24) is 9.88 Å². The lowest BCUT2D eigenvalue weighted by Gasteiger charge is -2.32. The van der Waals surface area contributed by atoms with E-state index in [0.29, 0.717) is 17.8 Å². The molecule has 2 heterocycles. The average Bonchev–Trinajstić information content (AvgIpc) is 3.22. The SMILES string of the molecule is O=C(c1ccccc1)c1ccc2n1CCC2NC(CO)(CO)CO. The van der Waals surface area contributed by atoms with Gasteiger partial charge in [-0.3, -0.25) is 10.1 Å². The number of nitrogens with one attached hydrogen (secondary N) is 1. The predicted molar refractivity (Wildman–Crippen MR) is 88.8 cm³/mol. The zero-order valence-corrected chi connectivity index (χ0v) is 13.4. The normalized spacial score (nSPS) is 17.0. The van der Waals surface area contributed by atoms with Gasteiger partial charge >= 0.3 is 0 Å². The molecule has 4 N–H and O–H groups in total. The molecule has 0 radical (unpaired) electrons. The van der Waals surface area contributed by atoms with Crippen LogP contribution in [0.5, 0.6) is 0 Å². The summed E-state index contributed by atoms with van der Waals surface area (Å²) in [4.78, 5) is 12.7. The lowest BCUT2D eigenvalue weighted by Crippen LogP contribution is -2.55. The number of aliphatic hydroxyl groups is 3. The molecule has 1 aliphatic rings. The summed E-state index contributed by atoms with van der Waals surface area (Å²) in [6.45, 7) is -0.431. The van der Waals surface area contributed by atoms with Gasteiger partial charge in [-0.25, -0.2) is 0 Å². The number of nitrogens with zero attached hydrogens (tertiary/aromatic N) is 1. The molecule has 128 valence electrons. The minimum Gasteiger partial charge on any atom is -0.394 e. The van der Waals surface area contributed by atoms with Gasteiger partial charge in [0.1, 0.15) is 0 Å². The lowest BCUT2D eigenvalue weighted by atomic mass is 10.0. The van der Waals surface area contributed by atoms with Crippen LogP contribution in [0.1, 0.15) is 34.2 Å². The molecule has 0 aliphatic carbocycles. The van der Waals surface area contributed by atoms with Crippen LogP contribution in [0.25, 0.3) is 0 Å². The number of fused-ring (bicyclic) bond motifs is 1. The monoisotopic (exact) mass is 330 g/mol. The zero-order chi connectivity index (χ0) is 17.2. The number of aliphatic hydroxyl groups excluding tert-OH is 3. The van der Waals surface area contributed by atoms with E-state index in [1.165, 1.54) is 0 Å². The predicted octanol–water partition coefficient (Wildman–Crippen LogP) is 0.469. The van der Waals surface area contributed by atoms with Crippen molar-refractivity contribution in [2.45, 2.75) is 24.5 Å². The molecule has 1 aromatic heterocycles. The Bertz CT molecular complexity index is 699. The summed E-state index contributed by atoms with van der Waals surface area (Å²) < 4.78 is 1.96. The second kappa shape index (κ2) is 6.86. The molecule has 1 unspecified atom stereocenters. The van der Waals surface area contributed by atoms with Crippen LogP contribution < -0.4 is 5.32 Å². The van der Waals surface area contributed by atoms with E-state index >= 15 is 0 Å². The maximum Gasteiger partial charge on any atom is 0.209 e. The fourth-order valence-electron chi connectivity index (χ4n) is 3.18. The molecule has 1 aliphatic heterocycles. The fraction of sp³-hybridized carbons (Fsp3) is 0.389. The van der Waals surface area contributed by atoms with Gasteiger partial charge in [0.05, 0.1) is 31.1 Å². The Morgan fingerprint density at radius 1 is 1.08 bits per heavy atom. The van der Waals surface area contributed by atoms with Crippen molar-refractivity contribution in [3.8, 4) is 0 Å². The first-order valence-corrected chi connectivity index (χ1v) is 8.03. The Morgan fingerprint density at radius 2 is 1.75 bits per heavy atom. The van der Waals surface area contributed by atoms with Gasteiger partial charge in [-0.2, -0.15) is 0 Å². The number of carbonyl (C=O) groups excluding carboxylic acids is 1. The Hall–Kier alpha value is -1.99. The quantitative estimate of drug-likeness (QED) is 0.554. The molecule has 0 fully saturated rings. The van der Waals surface area contributed by atoms with E-state index < -0.39 is 5.54 Å². The van der Waals surface area contributed by atoms with Crippen LogP contribution in [0.3, 0.4) is 0 Å². The Balaban J connectivity index is 1.85. The van der Waals surface area contributed by atoms with Gasteiger partial charge in [-0.05, 0) is 18.6 Å². The third-order valence-electron chi connectivity index (χ3n) is 4.67. The molecule has 0 amide bonds. The highest BCUT2D eigenvalue weighted by Crippen LogP contribution is 2.31. The first-order chi connectivity index (χ1) is 11.6. The second-order valence-corrected chi connectivity index (χ2v) is 6.23. The van der Waals surface area contributed by atoms with E-state index in [1.807, 2.05) is 28.8 Å². The highest BCUT2D eigenvalue weighted by atomic mass is 16.3. The Kier molecular flexibility index (Phi) is 4.82. The molecule has 1 aromatic carbocycles. The average molecular weight is 330 g/mol. The number of benzene rings is 1. The summed E-state index contributed by atoms with van der Waals surface area (Å²) >= 11 is 0. The third-order valence-corrected chi connectivity index (χ3v) is 4.67. The summed E-state index contributed by atoms with van der Waals surface area (Å²) in [6, 6.07) is 12.7. The van der Waals surface area contributed by atoms with Crippen LogP contribution in [0.4, 0.5) is 0 Å². The van der Waals surface area contributed by atoms with Gasteiger partial charge in [-0.15, -0.1) is 0 Å².